The summed E-state index contributed by atoms with van der Waals surface area (Å²) in [7, 11) is 0. The first-order chi connectivity index (χ1) is 16.0. The summed E-state index contributed by atoms with van der Waals surface area (Å²) in [5.74, 6) is -1.37. The summed E-state index contributed by atoms with van der Waals surface area (Å²) in [6.45, 7) is 2.12. The number of esters is 1. The highest BCUT2D eigenvalue weighted by Gasteiger charge is 2.45. The average Bonchev–Trinajstić information content (AvgIpc) is 3.37. The van der Waals surface area contributed by atoms with E-state index in [1.54, 1.807) is 36.1 Å². The maximum atomic E-state index is 13.5. The fourth-order valence-electron chi connectivity index (χ4n) is 4.67. The lowest BCUT2D eigenvalue weighted by atomic mass is 10.0. The zero-order valence-electron chi connectivity index (χ0n) is 18.6. The second-order valence-corrected chi connectivity index (χ2v) is 8.46. The van der Waals surface area contributed by atoms with Crippen LogP contribution in [0, 0.1) is 0 Å². The molecule has 2 saturated heterocycles. The fraction of sp³-hybridized carbons (Fsp3) is 0.500. The van der Waals surface area contributed by atoms with E-state index in [0.29, 0.717) is 37.9 Å². The van der Waals surface area contributed by atoms with Gasteiger partial charge in [0.15, 0.2) is 0 Å². The van der Waals surface area contributed by atoms with Crippen molar-refractivity contribution in [3.05, 3.63) is 48.0 Å². The van der Waals surface area contributed by atoms with Gasteiger partial charge in [0, 0.05) is 18.2 Å². The molecule has 9 nitrogen and oxygen atoms in total. The number of benzene rings is 1. The Morgan fingerprint density at radius 3 is 2.61 bits per heavy atom. The Hall–Kier alpha value is -3.20. The molecule has 0 aromatic heterocycles. The van der Waals surface area contributed by atoms with Crippen LogP contribution in [0.2, 0.25) is 0 Å². The highest BCUT2D eigenvalue weighted by atomic mass is 16.7. The van der Waals surface area contributed by atoms with Gasteiger partial charge >= 0.3 is 5.97 Å². The molecule has 1 aromatic carbocycles. The molecule has 5 atom stereocenters. The van der Waals surface area contributed by atoms with Crippen LogP contribution >= 0.6 is 0 Å². The molecule has 0 bridgehead atoms. The molecule has 0 radical (unpaired) electrons. The zero-order chi connectivity index (χ0) is 23.4. The molecular weight excluding hydrogens is 426 g/mol. The van der Waals surface area contributed by atoms with Gasteiger partial charge in [0.1, 0.15) is 18.1 Å². The van der Waals surface area contributed by atoms with Gasteiger partial charge in [-0.25, -0.2) is 0 Å². The maximum absolute atomic E-state index is 13.5. The van der Waals surface area contributed by atoms with Crippen LogP contribution in [0.25, 0.3) is 0 Å². The number of hydrogen-bond donors (Lipinski definition) is 2. The highest BCUT2D eigenvalue weighted by Crippen LogP contribution is 2.30. The van der Waals surface area contributed by atoms with E-state index in [4.69, 9.17) is 9.47 Å². The molecule has 3 aliphatic heterocycles. The minimum Gasteiger partial charge on any atom is -0.433 e. The molecule has 2 fully saturated rings. The quantitative estimate of drug-likeness (QED) is 0.494. The number of carbonyl (C=O) groups is 4. The molecular formula is C24H29N3O6. The van der Waals surface area contributed by atoms with E-state index in [2.05, 4.69) is 10.6 Å². The van der Waals surface area contributed by atoms with Crippen molar-refractivity contribution in [1.29, 1.82) is 0 Å². The number of amides is 3. The molecule has 1 aromatic rings. The zero-order valence-corrected chi connectivity index (χ0v) is 18.6. The minimum atomic E-state index is -0.826. The summed E-state index contributed by atoms with van der Waals surface area (Å²) in [6.07, 6.45) is 5.31. The number of carbonyl (C=O) groups excluding carboxylic acids is 4. The standard InChI is InChI=1S/C24H29N3O6/c1-2-32-24-18(14-20(28)33-24)26-22(30)19-13-12-16-10-6-7-11-17(23(31)27(16)19)25-21(29)15-8-4-3-5-9-15/h3-9,16-19,24H,2,10-14H2,1H3,(H,25,29)(H,26,30)/b7-6-/t16-,17+,18?,19+,24?/m1/s1. The number of hydrogen-bond acceptors (Lipinski definition) is 6. The van der Waals surface area contributed by atoms with Gasteiger partial charge in [-0.15, -0.1) is 0 Å². The van der Waals surface area contributed by atoms with E-state index in [0.717, 1.165) is 0 Å². The third kappa shape index (κ3) is 5.08. The van der Waals surface area contributed by atoms with Crippen LogP contribution in [0.15, 0.2) is 42.5 Å². The summed E-state index contributed by atoms with van der Waals surface area (Å²) in [6, 6.07) is 6.56. The molecule has 2 N–H and O–H groups in total. The van der Waals surface area contributed by atoms with Gasteiger partial charge in [0.2, 0.25) is 18.1 Å². The molecule has 4 rings (SSSR count). The smallest absolute Gasteiger partial charge is 0.310 e. The van der Waals surface area contributed by atoms with E-state index in [1.807, 2.05) is 18.2 Å². The molecule has 33 heavy (non-hydrogen) atoms. The first-order valence-electron chi connectivity index (χ1n) is 11.4. The number of rotatable bonds is 6. The van der Waals surface area contributed by atoms with E-state index in [1.165, 1.54) is 0 Å². The fourth-order valence-corrected chi connectivity index (χ4v) is 4.67. The van der Waals surface area contributed by atoms with Crippen LogP contribution in [0.5, 0.6) is 0 Å². The molecule has 9 heteroatoms. The first kappa shape index (κ1) is 23.0. The van der Waals surface area contributed by atoms with Gasteiger partial charge in [-0.3, -0.25) is 19.2 Å². The Bertz CT molecular complexity index is 933. The second kappa shape index (κ2) is 10.2. The molecule has 3 heterocycles. The third-order valence-corrected chi connectivity index (χ3v) is 6.27. The van der Waals surface area contributed by atoms with Crippen LogP contribution in [-0.4, -0.2) is 65.7 Å². The lowest BCUT2D eigenvalue weighted by Crippen LogP contribution is -2.57. The monoisotopic (exact) mass is 455 g/mol. The number of nitrogens with zero attached hydrogens (tertiary/aromatic N) is 1. The van der Waals surface area contributed by atoms with Gasteiger partial charge in [0.25, 0.3) is 5.91 Å². The van der Waals surface area contributed by atoms with Crippen molar-refractivity contribution >= 4 is 23.7 Å². The van der Waals surface area contributed by atoms with Crippen molar-refractivity contribution in [1.82, 2.24) is 15.5 Å². The summed E-state index contributed by atoms with van der Waals surface area (Å²) in [4.78, 5) is 52.7. The van der Waals surface area contributed by atoms with E-state index in [-0.39, 0.29) is 30.2 Å². The van der Waals surface area contributed by atoms with Gasteiger partial charge in [-0.2, -0.15) is 0 Å². The van der Waals surface area contributed by atoms with Crippen molar-refractivity contribution in [2.24, 2.45) is 0 Å². The Labute approximate surface area is 192 Å². The molecule has 3 aliphatic rings. The molecule has 2 unspecified atom stereocenters. The predicted molar refractivity (Wildman–Crippen MR) is 118 cm³/mol. The normalized spacial score (nSPS) is 30.1. The van der Waals surface area contributed by atoms with Crippen LogP contribution in [0.1, 0.15) is 49.4 Å². The van der Waals surface area contributed by atoms with Gasteiger partial charge in [-0.1, -0.05) is 30.4 Å². The van der Waals surface area contributed by atoms with Gasteiger partial charge in [0.05, 0.1) is 6.42 Å². The van der Waals surface area contributed by atoms with Gasteiger partial charge < -0.3 is 25.0 Å². The largest absolute Gasteiger partial charge is 0.433 e. The van der Waals surface area contributed by atoms with Crippen molar-refractivity contribution in [3.8, 4) is 0 Å². The molecule has 0 spiro atoms. The molecule has 3 amide bonds. The Morgan fingerprint density at radius 2 is 1.85 bits per heavy atom. The lowest BCUT2D eigenvalue weighted by Gasteiger charge is -2.34. The number of nitrogens with one attached hydrogen (secondary N) is 2. The molecule has 0 aliphatic carbocycles. The molecule has 176 valence electrons. The minimum absolute atomic E-state index is 0.0268. The predicted octanol–water partition coefficient (Wildman–Crippen LogP) is 1.29. The number of fused-ring (bicyclic) bond motifs is 1. The van der Waals surface area contributed by atoms with Crippen LogP contribution in [0.4, 0.5) is 0 Å². The topological polar surface area (TPSA) is 114 Å². The Morgan fingerprint density at radius 1 is 1.09 bits per heavy atom. The van der Waals surface area contributed by atoms with Crippen molar-refractivity contribution in [2.45, 2.75) is 69.5 Å². The maximum Gasteiger partial charge on any atom is 0.310 e. The summed E-state index contributed by atoms with van der Waals surface area (Å²) >= 11 is 0. The van der Waals surface area contributed by atoms with Crippen molar-refractivity contribution in [3.63, 3.8) is 0 Å². The Balaban J connectivity index is 1.48. The van der Waals surface area contributed by atoms with E-state index >= 15 is 0 Å². The average molecular weight is 456 g/mol. The lowest BCUT2D eigenvalue weighted by molar-refractivity contribution is -0.164. The summed E-state index contributed by atoms with van der Waals surface area (Å²) in [5, 5.41) is 5.68. The molecule has 0 saturated carbocycles. The second-order valence-electron chi connectivity index (χ2n) is 8.46. The summed E-state index contributed by atoms with van der Waals surface area (Å²) in [5.41, 5.74) is 0.469. The van der Waals surface area contributed by atoms with Crippen molar-refractivity contribution in [2.75, 3.05) is 6.61 Å². The number of ether oxygens (including phenoxy) is 2. The highest BCUT2D eigenvalue weighted by molar-refractivity contribution is 5.98. The Kier molecular flexibility index (Phi) is 7.08. The SMILES string of the molecule is CCOC1OC(=O)CC1NC(=O)[C@@H]1CC[C@H]2C/C=C\C[C@H](NC(=O)c3ccccc3)C(=O)N21. The van der Waals surface area contributed by atoms with Gasteiger partial charge in [-0.05, 0) is 44.7 Å². The van der Waals surface area contributed by atoms with Crippen molar-refractivity contribution < 1.29 is 28.7 Å². The first-order valence-corrected chi connectivity index (χ1v) is 11.4. The number of cyclic esters (lactones) is 1. The van der Waals surface area contributed by atoms with E-state index in [9.17, 15) is 19.2 Å². The summed E-state index contributed by atoms with van der Waals surface area (Å²) < 4.78 is 10.6. The van der Waals surface area contributed by atoms with Crippen LogP contribution < -0.4 is 10.6 Å². The van der Waals surface area contributed by atoms with E-state index < -0.39 is 30.4 Å². The third-order valence-electron chi connectivity index (χ3n) is 6.27. The van der Waals surface area contributed by atoms with Crippen LogP contribution in [0.3, 0.4) is 0 Å². The van der Waals surface area contributed by atoms with Crippen LogP contribution in [-0.2, 0) is 23.9 Å².